The number of carboxylic acids is 1. The summed E-state index contributed by atoms with van der Waals surface area (Å²) >= 11 is 0. The number of hydrogen-bond donors (Lipinski definition) is 5. The molecule has 0 fully saturated rings. The van der Waals surface area contributed by atoms with Crippen LogP contribution in [0.4, 0.5) is 0 Å². The van der Waals surface area contributed by atoms with Gasteiger partial charge in [0.05, 0.1) is 6.61 Å². The predicted octanol–water partition coefficient (Wildman–Crippen LogP) is 7.62. The molecule has 5 N–H and O–H groups in total. The fraction of sp³-hybridized carbons (Fsp3) is 0.620. The first kappa shape index (κ1) is 53.2. The normalized spacial score (nSPS) is 17.4. The molecule has 0 aliphatic carbocycles. The molecule has 2 aromatic carbocycles. The number of rotatable bonds is 26. The Balaban J connectivity index is 1.57. The number of fused-ring (bicyclic) bond motifs is 5. The summed E-state index contributed by atoms with van der Waals surface area (Å²) in [5, 5.41) is 44.1. The number of carbonyl (C=O) groups excluding carboxylic acids is 6. The van der Waals surface area contributed by atoms with Crippen molar-refractivity contribution in [1.82, 2.24) is 15.1 Å². The molecule has 5 atom stereocenters. The van der Waals surface area contributed by atoms with Crippen molar-refractivity contribution in [3.8, 4) is 22.6 Å². The third kappa shape index (κ3) is 16.5. The molecule has 64 heavy (non-hydrogen) atoms. The summed E-state index contributed by atoms with van der Waals surface area (Å²) in [6, 6.07) is 4.91. The van der Waals surface area contributed by atoms with Crippen molar-refractivity contribution >= 4 is 41.0 Å². The van der Waals surface area contributed by atoms with E-state index in [4.69, 9.17) is 0 Å². The number of Topliss-reactive ketones (excluding diaryl/α,β-unsaturated/α-hetero) is 3. The van der Waals surface area contributed by atoms with E-state index in [0.29, 0.717) is 12.0 Å². The molecule has 1 aliphatic heterocycles. The minimum atomic E-state index is -1.35. The van der Waals surface area contributed by atoms with E-state index in [1.807, 2.05) is 0 Å². The van der Waals surface area contributed by atoms with E-state index in [2.05, 4.69) is 12.2 Å². The maximum Gasteiger partial charge on any atom is 0.326 e. The van der Waals surface area contributed by atoms with E-state index in [9.17, 15) is 54.0 Å². The number of unbranched alkanes of at least 4 members (excludes halogenated alkanes) is 12. The van der Waals surface area contributed by atoms with Crippen LogP contribution in [0.5, 0.6) is 11.5 Å². The van der Waals surface area contributed by atoms with Crippen molar-refractivity contribution in [1.29, 1.82) is 0 Å². The van der Waals surface area contributed by atoms with Gasteiger partial charge in [-0.2, -0.15) is 0 Å². The second kappa shape index (κ2) is 27.3. The molecule has 354 valence electrons. The molecule has 1 heterocycles. The van der Waals surface area contributed by atoms with Gasteiger partial charge in [-0.15, -0.1) is 0 Å². The van der Waals surface area contributed by atoms with Crippen molar-refractivity contribution in [2.75, 3.05) is 20.7 Å². The Hall–Kier alpha value is -5.11. The van der Waals surface area contributed by atoms with Crippen LogP contribution >= 0.6 is 0 Å². The quantitative estimate of drug-likeness (QED) is 0.0579. The molecule has 0 saturated heterocycles. The molecule has 14 nitrogen and oxygen atoms in total. The number of carbonyl (C=O) groups is 7. The van der Waals surface area contributed by atoms with Gasteiger partial charge in [-0.05, 0) is 48.2 Å². The highest BCUT2D eigenvalue weighted by Gasteiger charge is 2.34. The summed E-state index contributed by atoms with van der Waals surface area (Å²) in [7, 11) is 2.90. The summed E-state index contributed by atoms with van der Waals surface area (Å²) in [6.07, 6.45) is 14.8. The van der Waals surface area contributed by atoms with Gasteiger partial charge in [0.2, 0.25) is 17.7 Å². The number of carboxylic acid groups (broad SMARTS) is 1. The molecule has 0 aromatic heterocycles. The molecular formula is C50H73N3O11. The largest absolute Gasteiger partial charge is 0.507 e. The number of phenols is 2. The van der Waals surface area contributed by atoms with Gasteiger partial charge in [0.15, 0.2) is 11.6 Å². The average molecular weight is 892 g/mol. The van der Waals surface area contributed by atoms with Crippen LogP contribution in [0.3, 0.4) is 0 Å². The maximum absolute atomic E-state index is 14.0. The number of hydrogen-bond acceptors (Lipinski definition) is 10. The molecule has 1 unspecified atom stereocenters. The summed E-state index contributed by atoms with van der Waals surface area (Å²) in [5.74, 6) is -6.05. The van der Waals surface area contributed by atoms with Crippen molar-refractivity contribution in [2.24, 2.45) is 11.8 Å². The first-order chi connectivity index (χ1) is 30.5. The second-order valence-corrected chi connectivity index (χ2v) is 17.8. The SMILES string of the molecule is CCCCCCCCCCCCCCCC(=O)N(C)[C@H](CO)C(=O)CCC(C)C(=O)CCC(=O)N(C)[C@@H]1C(=O)C[C@@H](C)C(=O)N[C@H](C(=O)O)Cc2ccc(O)c(c2)-c2cc1ccc2O. The highest BCUT2D eigenvalue weighted by atomic mass is 16.4. The molecular weight excluding hydrogens is 819 g/mol. The highest BCUT2D eigenvalue weighted by molar-refractivity contribution is 5.95. The van der Waals surface area contributed by atoms with Crippen LogP contribution in [0.25, 0.3) is 11.1 Å². The average Bonchev–Trinajstić information content (AvgIpc) is 3.26. The molecule has 1 aliphatic rings. The zero-order chi connectivity index (χ0) is 47.3. The lowest BCUT2D eigenvalue weighted by molar-refractivity contribution is -0.143. The Bertz CT molecular complexity index is 1900. The van der Waals surface area contributed by atoms with Crippen LogP contribution in [0, 0.1) is 11.8 Å². The number of aromatic hydroxyl groups is 2. The van der Waals surface area contributed by atoms with E-state index >= 15 is 0 Å². The smallest absolute Gasteiger partial charge is 0.326 e. The van der Waals surface area contributed by atoms with Crippen LogP contribution in [0.2, 0.25) is 0 Å². The lowest BCUT2D eigenvalue weighted by atomic mass is 9.89. The van der Waals surface area contributed by atoms with Gasteiger partial charge < -0.3 is 35.5 Å². The predicted molar refractivity (Wildman–Crippen MR) is 244 cm³/mol. The summed E-state index contributed by atoms with van der Waals surface area (Å²) in [5.41, 5.74) is 0.994. The first-order valence-electron chi connectivity index (χ1n) is 23.4. The fourth-order valence-electron chi connectivity index (χ4n) is 8.31. The third-order valence-corrected chi connectivity index (χ3v) is 12.6. The summed E-state index contributed by atoms with van der Waals surface area (Å²) in [6.45, 7) is 4.81. The molecule has 2 aromatic rings. The lowest BCUT2D eigenvalue weighted by Crippen LogP contribution is -2.45. The van der Waals surface area contributed by atoms with Gasteiger partial charge in [-0.1, -0.05) is 110 Å². The van der Waals surface area contributed by atoms with E-state index in [0.717, 1.165) is 19.3 Å². The minimum absolute atomic E-state index is 0.0560. The number of benzene rings is 2. The first-order valence-corrected chi connectivity index (χ1v) is 23.4. The van der Waals surface area contributed by atoms with Gasteiger partial charge in [-0.3, -0.25) is 28.8 Å². The second-order valence-electron chi connectivity index (χ2n) is 17.8. The number of amides is 3. The Morgan fingerprint density at radius 1 is 0.719 bits per heavy atom. The zero-order valence-electron chi connectivity index (χ0n) is 38.7. The standard InChI is InChI=1S/C50H73N3O11/c1-6-7-8-9-10-11-12-13-14-15-16-17-18-19-46(60)52(4)40(32-54)44(58)23-20-33(2)41(55)26-27-47(61)53(5)48-36-22-25-43(57)38(31-36)37-29-35(21-24-42(37)56)30-39(50(63)64)51-49(62)34(3)28-45(48)59/h21-22,24-25,29,31,33-34,39-40,48,54,56-57H,6-20,23,26-28,30,32H2,1-5H3,(H,51,62)(H,63,64)/t33?,34-,39+,40-,48+/m1/s1. The van der Waals surface area contributed by atoms with Crippen LogP contribution in [-0.4, -0.2) is 104 Å². The van der Waals surface area contributed by atoms with Crippen molar-refractivity contribution < 1.29 is 54.0 Å². The van der Waals surface area contributed by atoms with Gasteiger partial charge in [0, 0.05) is 75.6 Å². The van der Waals surface area contributed by atoms with Gasteiger partial charge in [-0.25, -0.2) is 4.79 Å². The summed E-state index contributed by atoms with van der Waals surface area (Å²) in [4.78, 5) is 94.9. The number of aliphatic hydroxyl groups excluding tert-OH is 1. The highest BCUT2D eigenvalue weighted by Crippen LogP contribution is 2.39. The van der Waals surface area contributed by atoms with Crippen molar-refractivity contribution in [3.05, 3.63) is 47.5 Å². The number of likely N-dealkylation sites (N-methyl/N-ethyl adjacent to an activating group) is 2. The van der Waals surface area contributed by atoms with Gasteiger partial charge >= 0.3 is 5.97 Å². The zero-order valence-corrected chi connectivity index (χ0v) is 38.7. The molecule has 0 saturated carbocycles. The Morgan fingerprint density at radius 2 is 1.28 bits per heavy atom. The molecule has 14 heteroatoms. The Morgan fingerprint density at radius 3 is 1.86 bits per heavy atom. The van der Waals surface area contributed by atoms with E-state index in [-0.39, 0.29) is 90.6 Å². The molecule has 3 rings (SSSR count). The topological polar surface area (TPSA) is 219 Å². The van der Waals surface area contributed by atoms with Crippen molar-refractivity contribution in [3.63, 3.8) is 0 Å². The molecule has 0 spiro atoms. The Kier molecular flexibility index (Phi) is 22.7. The Labute approximate surface area is 379 Å². The van der Waals surface area contributed by atoms with E-state index in [1.54, 1.807) is 6.92 Å². The lowest BCUT2D eigenvalue weighted by Gasteiger charge is -2.29. The molecule has 4 bridgehead atoms. The number of phenolic OH excluding ortho intramolecular Hbond substituents is 2. The number of nitrogens with one attached hydrogen (secondary N) is 1. The number of ketones is 3. The van der Waals surface area contributed by atoms with Crippen LogP contribution in [0.15, 0.2) is 36.4 Å². The van der Waals surface area contributed by atoms with Crippen LogP contribution in [0.1, 0.15) is 160 Å². The van der Waals surface area contributed by atoms with Gasteiger partial charge in [0.25, 0.3) is 0 Å². The fourth-order valence-corrected chi connectivity index (χ4v) is 8.31. The third-order valence-electron chi connectivity index (χ3n) is 12.6. The summed E-state index contributed by atoms with van der Waals surface area (Å²) < 4.78 is 0. The number of aliphatic carboxylic acids is 1. The molecule has 3 amide bonds. The van der Waals surface area contributed by atoms with Crippen LogP contribution in [-0.2, 0) is 40.0 Å². The van der Waals surface area contributed by atoms with E-state index < -0.39 is 60.1 Å². The van der Waals surface area contributed by atoms with Crippen molar-refractivity contribution in [2.45, 2.75) is 167 Å². The number of aliphatic hydroxyl groups is 1. The monoisotopic (exact) mass is 892 g/mol. The van der Waals surface area contributed by atoms with Crippen LogP contribution < -0.4 is 5.32 Å². The minimum Gasteiger partial charge on any atom is -0.507 e. The molecule has 0 radical (unpaired) electrons. The number of nitrogens with zero attached hydrogens (tertiary/aromatic N) is 2. The van der Waals surface area contributed by atoms with Gasteiger partial charge in [0.1, 0.15) is 35.4 Å². The maximum atomic E-state index is 14.0. The van der Waals surface area contributed by atoms with E-state index in [1.165, 1.54) is 125 Å².